The molecule has 0 bridgehead atoms. The Morgan fingerprint density at radius 1 is 1.39 bits per heavy atom. The molecule has 1 aliphatic heterocycles. The summed E-state index contributed by atoms with van der Waals surface area (Å²) in [6.07, 6.45) is 0.913. The predicted molar refractivity (Wildman–Crippen MR) is 73.0 cm³/mol. The molecule has 0 saturated carbocycles. The molecule has 4 heteroatoms. The molecule has 1 atom stereocenters. The maximum atomic E-state index is 12.6. The number of carbonyl (C=O) groups excluding carboxylic acids is 1. The van der Waals surface area contributed by atoms with Crippen molar-refractivity contribution in [2.45, 2.75) is 34.1 Å². The van der Waals surface area contributed by atoms with E-state index in [4.69, 9.17) is 0 Å². The van der Waals surface area contributed by atoms with Gasteiger partial charge in [0.05, 0.1) is 5.41 Å². The van der Waals surface area contributed by atoms with Crippen LogP contribution in [0.4, 0.5) is 0 Å². The molecule has 0 aromatic carbocycles. The minimum absolute atomic E-state index is 0.130. The van der Waals surface area contributed by atoms with Gasteiger partial charge in [0.1, 0.15) is 0 Å². The second kappa shape index (κ2) is 4.76. The highest BCUT2D eigenvalue weighted by atomic mass is 16.2. The van der Waals surface area contributed by atoms with Gasteiger partial charge in [-0.1, -0.05) is 13.8 Å². The zero-order chi connectivity index (χ0) is 13.3. The van der Waals surface area contributed by atoms with Crippen molar-refractivity contribution in [2.75, 3.05) is 18.5 Å². The van der Waals surface area contributed by atoms with Crippen LogP contribution in [0.3, 0.4) is 0 Å². The van der Waals surface area contributed by atoms with E-state index in [9.17, 15) is 4.79 Å². The Balaban J connectivity index is 2.21. The summed E-state index contributed by atoms with van der Waals surface area (Å²) in [5.41, 5.74) is 4.91. The van der Waals surface area contributed by atoms with Crippen molar-refractivity contribution in [3.8, 4) is 0 Å². The number of hydrogen-bond acceptors (Lipinski definition) is 2. The van der Waals surface area contributed by atoms with E-state index < -0.39 is 0 Å². The first-order chi connectivity index (χ1) is 8.47. The molecule has 2 heterocycles. The van der Waals surface area contributed by atoms with Crippen molar-refractivity contribution in [2.24, 2.45) is 11.3 Å². The van der Waals surface area contributed by atoms with E-state index in [1.807, 2.05) is 30.7 Å². The lowest BCUT2D eigenvalue weighted by atomic mass is 9.76. The molecule has 1 unspecified atom stereocenters. The molecule has 4 nitrogen and oxygen atoms in total. The lowest BCUT2D eigenvalue weighted by molar-refractivity contribution is -0.128. The standard InChI is InChI=1S/C14H23N3O/c1-10(2)14(7-8-15-9-14)13(18)16-17-11(3)5-6-12(17)4/h5-6,10,15H,7-9H2,1-4H3,(H,16,18). The highest BCUT2D eigenvalue weighted by Crippen LogP contribution is 2.34. The Labute approximate surface area is 109 Å². The van der Waals surface area contributed by atoms with Crippen LogP contribution in [0, 0.1) is 25.2 Å². The number of hydrogen-bond donors (Lipinski definition) is 2. The van der Waals surface area contributed by atoms with Gasteiger partial charge < -0.3 is 5.32 Å². The quantitative estimate of drug-likeness (QED) is 0.858. The normalized spacial score (nSPS) is 23.6. The maximum Gasteiger partial charge on any atom is 0.246 e. The fraction of sp³-hybridized carbons (Fsp3) is 0.643. The van der Waals surface area contributed by atoms with E-state index >= 15 is 0 Å². The van der Waals surface area contributed by atoms with Gasteiger partial charge in [-0.15, -0.1) is 0 Å². The van der Waals surface area contributed by atoms with Gasteiger partial charge in [-0.25, -0.2) is 0 Å². The smallest absolute Gasteiger partial charge is 0.246 e. The maximum absolute atomic E-state index is 12.6. The number of nitrogens with one attached hydrogen (secondary N) is 2. The van der Waals surface area contributed by atoms with Crippen LogP contribution in [0.1, 0.15) is 31.7 Å². The molecular formula is C14H23N3O. The molecule has 2 N–H and O–H groups in total. The number of rotatable bonds is 3. The third kappa shape index (κ3) is 2.05. The number of carbonyl (C=O) groups is 1. The van der Waals surface area contributed by atoms with Gasteiger partial charge in [-0.3, -0.25) is 14.9 Å². The van der Waals surface area contributed by atoms with Crippen LogP contribution in [0.5, 0.6) is 0 Å². The summed E-state index contributed by atoms with van der Waals surface area (Å²) in [5.74, 6) is 0.466. The minimum Gasteiger partial charge on any atom is -0.316 e. The molecule has 0 aliphatic carbocycles. The molecule has 0 radical (unpaired) electrons. The summed E-state index contributed by atoms with van der Waals surface area (Å²) in [4.78, 5) is 12.6. The van der Waals surface area contributed by atoms with Crippen LogP contribution in [0.2, 0.25) is 0 Å². The summed E-state index contributed by atoms with van der Waals surface area (Å²) in [6, 6.07) is 4.04. The Morgan fingerprint density at radius 2 is 2.00 bits per heavy atom. The van der Waals surface area contributed by atoms with Crippen molar-refractivity contribution in [3.05, 3.63) is 23.5 Å². The van der Waals surface area contributed by atoms with Crippen molar-refractivity contribution in [3.63, 3.8) is 0 Å². The monoisotopic (exact) mass is 249 g/mol. The summed E-state index contributed by atoms with van der Waals surface area (Å²) in [5, 5.41) is 3.31. The molecule has 1 saturated heterocycles. The van der Waals surface area contributed by atoms with Gasteiger partial charge in [0.15, 0.2) is 0 Å². The third-order valence-corrected chi connectivity index (χ3v) is 4.23. The van der Waals surface area contributed by atoms with E-state index in [1.54, 1.807) is 0 Å². The molecule has 0 spiro atoms. The molecule has 2 rings (SSSR count). The molecule has 1 amide bonds. The number of amides is 1. The zero-order valence-corrected chi connectivity index (χ0v) is 11.7. The topological polar surface area (TPSA) is 46.1 Å². The SMILES string of the molecule is Cc1ccc(C)n1NC(=O)C1(C(C)C)CCNC1. The Hall–Kier alpha value is -1.29. The van der Waals surface area contributed by atoms with Crippen LogP contribution in [0.15, 0.2) is 12.1 Å². The first-order valence-corrected chi connectivity index (χ1v) is 6.64. The van der Waals surface area contributed by atoms with Crippen LogP contribution >= 0.6 is 0 Å². The number of nitrogens with zero attached hydrogens (tertiary/aromatic N) is 1. The van der Waals surface area contributed by atoms with Gasteiger partial charge in [0, 0.05) is 17.9 Å². The molecule has 18 heavy (non-hydrogen) atoms. The summed E-state index contributed by atoms with van der Waals surface area (Å²) < 4.78 is 1.88. The largest absolute Gasteiger partial charge is 0.316 e. The number of aryl methyl sites for hydroxylation is 2. The van der Waals surface area contributed by atoms with Gasteiger partial charge in [0.25, 0.3) is 0 Å². The van der Waals surface area contributed by atoms with Crippen LogP contribution in [-0.4, -0.2) is 23.7 Å². The fourth-order valence-corrected chi connectivity index (χ4v) is 2.72. The summed E-state index contributed by atoms with van der Waals surface area (Å²) in [6.45, 7) is 9.96. The first-order valence-electron chi connectivity index (χ1n) is 6.64. The molecule has 100 valence electrons. The summed E-state index contributed by atoms with van der Waals surface area (Å²) in [7, 11) is 0. The first kappa shape index (κ1) is 13.1. The second-order valence-corrected chi connectivity index (χ2v) is 5.63. The van der Waals surface area contributed by atoms with Crippen LogP contribution < -0.4 is 10.7 Å². The Bertz CT molecular complexity index is 422. The van der Waals surface area contributed by atoms with Crippen molar-refractivity contribution in [1.82, 2.24) is 9.99 Å². The lowest BCUT2D eigenvalue weighted by Crippen LogP contribution is -2.45. The van der Waals surface area contributed by atoms with Crippen LogP contribution in [0.25, 0.3) is 0 Å². The van der Waals surface area contributed by atoms with Crippen molar-refractivity contribution >= 4 is 5.91 Å². The van der Waals surface area contributed by atoms with Gasteiger partial charge in [-0.2, -0.15) is 0 Å². The average Bonchev–Trinajstić information content (AvgIpc) is 2.91. The average molecular weight is 249 g/mol. The Morgan fingerprint density at radius 3 is 2.44 bits per heavy atom. The Kier molecular flexibility index (Phi) is 3.48. The van der Waals surface area contributed by atoms with E-state index in [0.717, 1.165) is 30.9 Å². The molecule has 1 fully saturated rings. The van der Waals surface area contributed by atoms with Gasteiger partial charge in [0.2, 0.25) is 5.91 Å². The van der Waals surface area contributed by atoms with E-state index in [2.05, 4.69) is 24.6 Å². The van der Waals surface area contributed by atoms with Crippen molar-refractivity contribution < 1.29 is 4.79 Å². The second-order valence-electron chi connectivity index (χ2n) is 5.63. The predicted octanol–water partition coefficient (Wildman–Crippen LogP) is 1.81. The highest BCUT2D eigenvalue weighted by molar-refractivity contribution is 5.90. The van der Waals surface area contributed by atoms with E-state index in [1.165, 1.54) is 0 Å². The lowest BCUT2D eigenvalue weighted by Gasteiger charge is -2.31. The van der Waals surface area contributed by atoms with Gasteiger partial charge in [-0.05, 0) is 44.9 Å². The zero-order valence-electron chi connectivity index (χ0n) is 11.7. The van der Waals surface area contributed by atoms with Gasteiger partial charge >= 0.3 is 0 Å². The summed E-state index contributed by atoms with van der Waals surface area (Å²) >= 11 is 0. The molecular weight excluding hydrogens is 226 g/mol. The molecule has 1 aliphatic rings. The van der Waals surface area contributed by atoms with E-state index in [0.29, 0.717) is 5.92 Å². The van der Waals surface area contributed by atoms with E-state index in [-0.39, 0.29) is 11.3 Å². The highest BCUT2D eigenvalue weighted by Gasteiger charge is 2.44. The molecule has 1 aromatic heterocycles. The number of aromatic nitrogens is 1. The fourth-order valence-electron chi connectivity index (χ4n) is 2.72. The molecule has 1 aromatic rings. The minimum atomic E-state index is -0.275. The van der Waals surface area contributed by atoms with Crippen molar-refractivity contribution in [1.29, 1.82) is 0 Å². The third-order valence-electron chi connectivity index (χ3n) is 4.23. The van der Waals surface area contributed by atoms with Crippen LogP contribution in [-0.2, 0) is 4.79 Å².